The Balaban J connectivity index is 3.03. The smallest absolute Gasteiger partial charge is 0.167 e. The fourth-order valence-corrected chi connectivity index (χ4v) is 1.61. The molecule has 0 radical (unpaired) electrons. The lowest BCUT2D eigenvalue weighted by atomic mass is 9.90. The molecule has 0 N–H and O–H groups in total. The number of nitriles is 1. The molecule has 0 aliphatic carbocycles. The maximum Gasteiger partial charge on any atom is 0.167 e. The average Bonchev–Trinajstić information content (AvgIpc) is 2.28. The first-order chi connectivity index (χ1) is 7.60. The van der Waals surface area contributed by atoms with Crippen molar-refractivity contribution >= 4 is 5.78 Å². The van der Waals surface area contributed by atoms with Crippen LogP contribution in [0.5, 0.6) is 0 Å². The number of benzene rings is 1. The van der Waals surface area contributed by atoms with Crippen LogP contribution in [-0.2, 0) is 0 Å². The lowest BCUT2D eigenvalue weighted by Gasteiger charge is -2.11. The zero-order chi connectivity index (χ0) is 12.1. The maximum absolute atomic E-state index is 13.0. The van der Waals surface area contributed by atoms with Gasteiger partial charge >= 0.3 is 0 Å². The summed E-state index contributed by atoms with van der Waals surface area (Å²) in [4.78, 5) is 12.0. The van der Waals surface area contributed by atoms with E-state index in [0.717, 1.165) is 5.56 Å². The molecule has 0 saturated heterocycles. The molecule has 1 aromatic carbocycles. The van der Waals surface area contributed by atoms with Crippen LogP contribution in [-0.4, -0.2) is 5.78 Å². The van der Waals surface area contributed by atoms with Crippen LogP contribution in [0.2, 0.25) is 0 Å². The summed E-state index contributed by atoms with van der Waals surface area (Å²) >= 11 is 0. The zero-order valence-electron chi connectivity index (χ0n) is 9.46. The van der Waals surface area contributed by atoms with Gasteiger partial charge in [-0.1, -0.05) is 13.0 Å². The Morgan fingerprint density at radius 3 is 2.81 bits per heavy atom. The third-order valence-electron chi connectivity index (χ3n) is 2.67. The molecule has 0 aliphatic rings. The van der Waals surface area contributed by atoms with Crippen molar-refractivity contribution in [1.29, 1.82) is 5.26 Å². The number of carbonyl (C=O) groups excluding carboxylic acids is 1. The Bertz CT molecular complexity index is 434. The van der Waals surface area contributed by atoms with Gasteiger partial charge in [0.1, 0.15) is 5.82 Å². The monoisotopic (exact) mass is 219 g/mol. The summed E-state index contributed by atoms with van der Waals surface area (Å²) < 4.78 is 13.0. The highest BCUT2D eigenvalue weighted by atomic mass is 19.1. The number of halogens is 1. The predicted octanol–water partition coefficient (Wildman–Crippen LogP) is 3.26. The average molecular weight is 219 g/mol. The van der Waals surface area contributed by atoms with Crippen LogP contribution in [0.4, 0.5) is 4.39 Å². The van der Waals surface area contributed by atoms with E-state index in [1.54, 1.807) is 13.0 Å². The molecule has 0 spiro atoms. The molecular formula is C13H14FNO. The number of ketones is 1. The molecule has 0 aromatic heterocycles. The van der Waals surface area contributed by atoms with Crippen LogP contribution in [0, 0.1) is 30.0 Å². The molecule has 0 saturated carbocycles. The third kappa shape index (κ3) is 2.66. The molecule has 1 unspecified atom stereocenters. The van der Waals surface area contributed by atoms with E-state index < -0.39 is 5.82 Å². The Labute approximate surface area is 94.7 Å². The van der Waals surface area contributed by atoms with E-state index in [2.05, 4.69) is 0 Å². The van der Waals surface area contributed by atoms with Crippen LogP contribution in [0.1, 0.15) is 35.7 Å². The minimum atomic E-state index is -0.416. The summed E-state index contributed by atoms with van der Waals surface area (Å²) in [6.45, 7) is 3.63. The minimum absolute atomic E-state index is 0.138. The molecule has 1 aromatic rings. The number of nitrogens with zero attached hydrogens (tertiary/aromatic N) is 1. The van der Waals surface area contributed by atoms with E-state index in [1.165, 1.54) is 12.1 Å². The first-order valence-corrected chi connectivity index (χ1v) is 5.27. The van der Waals surface area contributed by atoms with Gasteiger partial charge in [-0.05, 0) is 31.0 Å². The SMILES string of the molecule is CCC(CC#N)C(=O)c1cc(F)ccc1C. The van der Waals surface area contributed by atoms with Gasteiger partial charge in [0.05, 0.1) is 6.07 Å². The molecule has 0 heterocycles. The van der Waals surface area contributed by atoms with E-state index in [1.807, 2.05) is 13.0 Å². The van der Waals surface area contributed by atoms with Crippen molar-refractivity contribution in [2.24, 2.45) is 5.92 Å². The molecule has 0 bridgehead atoms. The van der Waals surface area contributed by atoms with Gasteiger partial charge in [-0.15, -0.1) is 0 Å². The minimum Gasteiger partial charge on any atom is -0.294 e. The number of aryl methyl sites for hydroxylation is 1. The number of hydrogen-bond donors (Lipinski definition) is 0. The Morgan fingerprint density at radius 1 is 1.56 bits per heavy atom. The molecule has 1 rings (SSSR count). The van der Waals surface area contributed by atoms with Gasteiger partial charge in [0.15, 0.2) is 5.78 Å². The van der Waals surface area contributed by atoms with E-state index in [9.17, 15) is 9.18 Å². The highest BCUT2D eigenvalue weighted by Gasteiger charge is 2.19. The van der Waals surface area contributed by atoms with Crippen molar-refractivity contribution in [2.45, 2.75) is 26.7 Å². The number of hydrogen-bond acceptors (Lipinski definition) is 2. The van der Waals surface area contributed by atoms with Crippen LogP contribution in [0.15, 0.2) is 18.2 Å². The molecular weight excluding hydrogens is 205 g/mol. The number of Topliss-reactive ketones (excluding diaryl/α,β-unsaturated/α-hetero) is 1. The summed E-state index contributed by atoms with van der Waals surface area (Å²) in [7, 11) is 0. The van der Waals surface area contributed by atoms with Gasteiger partial charge < -0.3 is 0 Å². The molecule has 0 aliphatic heterocycles. The molecule has 0 amide bonds. The van der Waals surface area contributed by atoms with E-state index >= 15 is 0 Å². The normalized spacial score (nSPS) is 11.9. The molecule has 3 heteroatoms. The summed E-state index contributed by atoms with van der Waals surface area (Å²) in [5.74, 6) is -0.882. The van der Waals surface area contributed by atoms with Crippen molar-refractivity contribution in [3.63, 3.8) is 0 Å². The van der Waals surface area contributed by atoms with Gasteiger partial charge in [0, 0.05) is 17.9 Å². The molecule has 84 valence electrons. The van der Waals surface area contributed by atoms with Crippen molar-refractivity contribution in [2.75, 3.05) is 0 Å². The second-order valence-corrected chi connectivity index (χ2v) is 3.79. The van der Waals surface area contributed by atoms with Gasteiger partial charge in [-0.3, -0.25) is 4.79 Å². The van der Waals surface area contributed by atoms with Crippen LogP contribution in [0.3, 0.4) is 0 Å². The third-order valence-corrected chi connectivity index (χ3v) is 2.67. The first-order valence-electron chi connectivity index (χ1n) is 5.27. The second kappa shape index (κ2) is 5.41. The Morgan fingerprint density at radius 2 is 2.25 bits per heavy atom. The number of rotatable bonds is 4. The number of carbonyl (C=O) groups is 1. The van der Waals surface area contributed by atoms with Crippen molar-refractivity contribution in [3.05, 3.63) is 35.1 Å². The highest BCUT2D eigenvalue weighted by molar-refractivity contribution is 5.99. The van der Waals surface area contributed by atoms with E-state index in [4.69, 9.17) is 5.26 Å². The van der Waals surface area contributed by atoms with E-state index in [0.29, 0.717) is 12.0 Å². The second-order valence-electron chi connectivity index (χ2n) is 3.79. The van der Waals surface area contributed by atoms with Gasteiger partial charge in [0.2, 0.25) is 0 Å². The fourth-order valence-electron chi connectivity index (χ4n) is 1.61. The van der Waals surface area contributed by atoms with Crippen molar-refractivity contribution in [1.82, 2.24) is 0 Å². The van der Waals surface area contributed by atoms with Crippen LogP contribution in [0.25, 0.3) is 0 Å². The summed E-state index contributed by atoms with van der Waals surface area (Å²) in [5, 5.41) is 8.61. The Kier molecular flexibility index (Phi) is 4.19. The Hall–Kier alpha value is -1.69. The van der Waals surface area contributed by atoms with Crippen LogP contribution >= 0.6 is 0 Å². The summed E-state index contributed by atoms with van der Waals surface area (Å²) in [6.07, 6.45) is 0.785. The largest absolute Gasteiger partial charge is 0.294 e. The van der Waals surface area contributed by atoms with Crippen molar-refractivity contribution in [3.8, 4) is 6.07 Å². The topological polar surface area (TPSA) is 40.9 Å². The zero-order valence-corrected chi connectivity index (χ0v) is 9.46. The van der Waals surface area contributed by atoms with Gasteiger partial charge in [-0.2, -0.15) is 5.26 Å². The summed E-state index contributed by atoms with van der Waals surface area (Å²) in [6, 6.07) is 6.15. The lowest BCUT2D eigenvalue weighted by molar-refractivity contribution is 0.0917. The molecule has 0 fully saturated rings. The lowest BCUT2D eigenvalue weighted by Crippen LogP contribution is -2.15. The first kappa shape index (κ1) is 12.4. The maximum atomic E-state index is 13.0. The fraction of sp³-hybridized carbons (Fsp3) is 0.385. The molecule has 16 heavy (non-hydrogen) atoms. The summed E-state index contributed by atoms with van der Waals surface area (Å²) in [5.41, 5.74) is 1.14. The van der Waals surface area contributed by atoms with E-state index in [-0.39, 0.29) is 18.1 Å². The van der Waals surface area contributed by atoms with Gasteiger partial charge in [-0.25, -0.2) is 4.39 Å². The van der Waals surface area contributed by atoms with Crippen molar-refractivity contribution < 1.29 is 9.18 Å². The molecule has 2 nitrogen and oxygen atoms in total. The molecule has 1 atom stereocenters. The highest BCUT2D eigenvalue weighted by Crippen LogP contribution is 2.19. The quantitative estimate of drug-likeness (QED) is 0.729. The standard InChI is InChI=1S/C13H14FNO/c1-3-10(6-7-15)13(16)12-8-11(14)5-4-9(12)2/h4-5,8,10H,3,6H2,1-2H3. The van der Waals surface area contributed by atoms with Crippen LogP contribution < -0.4 is 0 Å². The predicted molar refractivity (Wildman–Crippen MR) is 59.5 cm³/mol. The van der Waals surface area contributed by atoms with Gasteiger partial charge in [0.25, 0.3) is 0 Å².